The molecule has 0 saturated heterocycles. The molecule has 0 bridgehead atoms. The predicted octanol–water partition coefficient (Wildman–Crippen LogP) is 3.55. The number of benzene rings is 2. The molecule has 0 aliphatic rings. The van der Waals surface area contributed by atoms with Gasteiger partial charge >= 0.3 is 11.8 Å². The lowest BCUT2D eigenvalue weighted by atomic mass is 10.0. The van der Waals surface area contributed by atoms with Crippen LogP contribution in [0.15, 0.2) is 59.0 Å². The lowest BCUT2D eigenvalue weighted by Crippen LogP contribution is -2.36. The highest BCUT2D eigenvalue weighted by Gasteiger charge is 2.18. The molecule has 26 heavy (non-hydrogen) atoms. The average molecular weight is 353 g/mol. The van der Waals surface area contributed by atoms with Crippen molar-refractivity contribution < 1.29 is 13.6 Å². The van der Waals surface area contributed by atoms with E-state index in [0.29, 0.717) is 5.56 Å². The minimum atomic E-state index is -0.397. The summed E-state index contributed by atoms with van der Waals surface area (Å²) < 4.78 is 18.7. The van der Waals surface area contributed by atoms with E-state index in [2.05, 4.69) is 15.5 Å². The maximum atomic E-state index is 13.2. The molecule has 3 aromatic rings. The third-order valence-corrected chi connectivity index (χ3v) is 4.06. The second kappa shape index (κ2) is 8.38. The van der Waals surface area contributed by atoms with Crippen molar-refractivity contribution in [1.29, 1.82) is 0 Å². The minimum Gasteiger partial charge on any atom is -0.417 e. The summed E-state index contributed by atoms with van der Waals surface area (Å²) in [6, 6.07) is 16.1. The topological polar surface area (TPSA) is 68.0 Å². The first-order chi connectivity index (χ1) is 12.6. The predicted molar refractivity (Wildman–Crippen MR) is 95.2 cm³/mol. The van der Waals surface area contributed by atoms with Gasteiger partial charge in [0.05, 0.1) is 6.42 Å². The summed E-state index contributed by atoms with van der Waals surface area (Å²) in [5.74, 6) is -0.530. The van der Waals surface area contributed by atoms with Crippen LogP contribution >= 0.6 is 0 Å². The molecule has 0 radical (unpaired) electrons. The van der Waals surface area contributed by atoms with Gasteiger partial charge in [-0.3, -0.25) is 4.79 Å². The number of carbonyl (C=O) groups is 1. The lowest BCUT2D eigenvalue weighted by molar-refractivity contribution is 0.0899. The fourth-order valence-electron chi connectivity index (χ4n) is 2.68. The van der Waals surface area contributed by atoms with E-state index in [9.17, 15) is 9.18 Å². The molecule has 1 aromatic heterocycles. The second-order valence-corrected chi connectivity index (χ2v) is 6.08. The quantitative estimate of drug-likeness (QED) is 0.705. The normalized spacial score (nSPS) is 11.9. The van der Waals surface area contributed by atoms with Crippen LogP contribution in [0.5, 0.6) is 0 Å². The molecular weight excluding hydrogens is 333 g/mol. The van der Waals surface area contributed by atoms with Gasteiger partial charge in [0, 0.05) is 6.04 Å². The van der Waals surface area contributed by atoms with E-state index in [1.54, 1.807) is 12.1 Å². The van der Waals surface area contributed by atoms with Crippen LogP contribution in [-0.4, -0.2) is 22.1 Å². The van der Waals surface area contributed by atoms with Gasteiger partial charge in [-0.25, -0.2) is 4.39 Å². The molecule has 1 N–H and O–H groups in total. The van der Waals surface area contributed by atoms with Crippen molar-refractivity contribution in [3.8, 4) is 0 Å². The van der Waals surface area contributed by atoms with Gasteiger partial charge in [0.15, 0.2) is 0 Å². The van der Waals surface area contributed by atoms with Gasteiger partial charge in [-0.05, 0) is 36.1 Å². The van der Waals surface area contributed by atoms with Gasteiger partial charge in [-0.2, -0.15) is 0 Å². The molecule has 1 heterocycles. The fourth-order valence-corrected chi connectivity index (χ4v) is 2.68. The van der Waals surface area contributed by atoms with E-state index < -0.39 is 5.91 Å². The van der Waals surface area contributed by atoms with Crippen molar-refractivity contribution in [3.63, 3.8) is 0 Å². The Hall–Kier alpha value is -3.02. The molecule has 1 amide bonds. The van der Waals surface area contributed by atoms with E-state index in [4.69, 9.17) is 4.42 Å². The Morgan fingerprint density at radius 3 is 2.62 bits per heavy atom. The Morgan fingerprint density at radius 1 is 1.12 bits per heavy atom. The van der Waals surface area contributed by atoms with Crippen LogP contribution in [0.3, 0.4) is 0 Å². The summed E-state index contributed by atoms with van der Waals surface area (Å²) in [5, 5.41) is 10.6. The Bertz CT molecular complexity index is 864. The standard InChI is InChI=1S/C20H20FN3O2/c1-2-17(12-14-7-4-3-5-8-14)22-19(25)20-24-23-18(26-20)13-15-9-6-10-16(21)11-15/h3-11,17H,2,12-13H2,1H3,(H,22,25). The van der Waals surface area contributed by atoms with Crippen molar-refractivity contribution in [2.45, 2.75) is 32.2 Å². The molecular formula is C20H20FN3O2. The molecule has 2 aromatic carbocycles. The maximum absolute atomic E-state index is 13.2. The van der Waals surface area contributed by atoms with E-state index in [1.807, 2.05) is 37.3 Å². The van der Waals surface area contributed by atoms with Crippen LogP contribution in [0.4, 0.5) is 4.39 Å². The van der Waals surface area contributed by atoms with Crippen molar-refractivity contribution in [2.24, 2.45) is 0 Å². The molecule has 1 unspecified atom stereocenters. The van der Waals surface area contributed by atoms with E-state index in [1.165, 1.54) is 12.1 Å². The highest BCUT2D eigenvalue weighted by molar-refractivity contribution is 5.89. The zero-order valence-corrected chi connectivity index (χ0v) is 14.5. The Kier molecular flexibility index (Phi) is 5.73. The molecule has 3 rings (SSSR count). The smallest absolute Gasteiger partial charge is 0.309 e. The number of carbonyl (C=O) groups excluding carboxylic acids is 1. The average Bonchev–Trinajstić information content (AvgIpc) is 3.10. The SMILES string of the molecule is CCC(Cc1ccccc1)NC(=O)c1nnc(Cc2cccc(F)c2)o1. The largest absolute Gasteiger partial charge is 0.417 e. The molecule has 0 spiro atoms. The first-order valence-electron chi connectivity index (χ1n) is 8.55. The molecule has 134 valence electrons. The van der Waals surface area contributed by atoms with Gasteiger partial charge in [-0.15, -0.1) is 10.2 Å². The number of halogens is 1. The summed E-state index contributed by atoms with van der Waals surface area (Å²) in [4.78, 5) is 12.4. The second-order valence-electron chi connectivity index (χ2n) is 6.08. The molecule has 0 fully saturated rings. The highest BCUT2D eigenvalue weighted by Crippen LogP contribution is 2.11. The number of hydrogen-bond acceptors (Lipinski definition) is 4. The van der Waals surface area contributed by atoms with Gasteiger partial charge < -0.3 is 9.73 Å². The van der Waals surface area contributed by atoms with Crippen LogP contribution in [0.1, 0.15) is 41.0 Å². The first kappa shape index (κ1) is 17.8. The zero-order valence-electron chi connectivity index (χ0n) is 14.5. The summed E-state index contributed by atoms with van der Waals surface area (Å²) in [7, 11) is 0. The zero-order chi connectivity index (χ0) is 18.4. The molecule has 1 atom stereocenters. The fraction of sp³-hybridized carbons (Fsp3) is 0.250. The van der Waals surface area contributed by atoms with Crippen LogP contribution in [0.2, 0.25) is 0 Å². The number of nitrogens with one attached hydrogen (secondary N) is 1. The molecule has 0 aliphatic heterocycles. The summed E-state index contributed by atoms with van der Waals surface area (Å²) in [5.41, 5.74) is 1.85. The van der Waals surface area contributed by atoms with E-state index >= 15 is 0 Å². The molecule has 0 saturated carbocycles. The number of amides is 1. The van der Waals surface area contributed by atoms with Crippen LogP contribution in [0, 0.1) is 5.82 Å². The van der Waals surface area contributed by atoms with Crippen LogP contribution < -0.4 is 5.32 Å². The van der Waals surface area contributed by atoms with Crippen molar-refractivity contribution in [3.05, 3.63) is 83.3 Å². The van der Waals surface area contributed by atoms with Crippen LogP contribution in [-0.2, 0) is 12.8 Å². The molecule has 0 aliphatic carbocycles. The van der Waals surface area contributed by atoms with Crippen LogP contribution in [0.25, 0.3) is 0 Å². The van der Waals surface area contributed by atoms with Gasteiger partial charge in [0.1, 0.15) is 5.82 Å². The van der Waals surface area contributed by atoms with Gasteiger partial charge in [-0.1, -0.05) is 49.4 Å². The Balaban J connectivity index is 1.61. The Morgan fingerprint density at radius 2 is 1.88 bits per heavy atom. The summed E-state index contributed by atoms with van der Waals surface area (Å²) in [6.07, 6.45) is 1.79. The number of hydrogen-bond donors (Lipinski definition) is 1. The molecule has 5 nitrogen and oxygen atoms in total. The van der Waals surface area contributed by atoms with E-state index in [0.717, 1.165) is 18.4 Å². The number of rotatable bonds is 7. The third-order valence-electron chi connectivity index (χ3n) is 4.06. The van der Waals surface area contributed by atoms with Crippen molar-refractivity contribution in [1.82, 2.24) is 15.5 Å². The number of aromatic nitrogens is 2. The highest BCUT2D eigenvalue weighted by atomic mass is 19.1. The number of nitrogens with zero attached hydrogens (tertiary/aromatic N) is 2. The van der Waals surface area contributed by atoms with Gasteiger partial charge in [0.25, 0.3) is 0 Å². The minimum absolute atomic E-state index is 0.0246. The summed E-state index contributed by atoms with van der Waals surface area (Å²) >= 11 is 0. The van der Waals surface area contributed by atoms with Gasteiger partial charge in [0.2, 0.25) is 5.89 Å². The Labute approximate surface area is 151 Å². The van der Waals surface area contributed by atoms with E-state index in [-0.39, 0.29) is 30.1 Å². The lowest BCUT2D eigenvalue weighted by Gasteiger charge is -2.15. The molecule has 6 heteroatoms. The summed E-state index contributed by atoms with van der Waals surface area (Å²) in [6.45, 7) is 2.01. The van der Waals surface area contributed by atoms with Crippen molar-refractivity contribution >= 4 is 5.91 Å². The van der Waals surface area contributed by atoms with Crippen molar-refractivity contribution in [2.75, 3.05) is 0 Å². The third kappa shape index (κ3) is 4.75. The maximum Gasteiger partial charge on any atom is 0.309 e. The monoisotopic (exact) mass is 353 g/mol. The first-order valence-corrected chi connectivity index (χ1v) is 8.55.